The van der Waals surface area contributed by atoms with Crippen molar-refractivity contribution in [3.05, 3.63) is 35.9 Å². The normalized spacial score (nSPS) is 26.9. The summed E-state index contributed by atoms with van der Waals surface area (Å²) in [7, 11) is 0. The van der Waals surface area contributed by atoms with Crippen molar-refractivity contribution >= 4 is 22.8 Å². The maximum absolute atomic E-state index is 12.5. The number of amides is 1. The van der Waals surface area contributed by atoms with Gasteiger partial charge >= 0.3 is 6.09 Å². The van der Waals surface area contributed by atoms with E-state index < -0.39 is 12.1 Å². The third kappa shape index (κ3) is 3.71. The van der Waals surface area contributed by atoms with Crippen molar-refractivity contribution in [1.82, 2.24) is 14.5 Å². The molecule has 1 aliphatic heterocycles. The first-order valence-corrected chi connectivity index (χ1v) is 9.86. The van der Waals surface area contributed by atoms with E-state index in [0.29, 0.717) is 42.7 Å². The molecule has 1 amide bonds. The van der Waals surface area contributed by atoms with E-state index >= 15 is 0 Å². The van der Waals surface area contributed by atoms with Gasteiger partial charge in [0, 0.05) is 13.0 Å². The Hall–Kier alpha value is -2.55. The monoisotopic (exact) mass is 382 g/mol. The largest absolute Gasteiger partial charge is 0.441 e. The number of carbonyl (C=O) groups is 1. The molecular weight excluding hydrogens is 352 g/mol. The van der Waals surface area contributed by atoms with Crippen molar-refractivity contribution < 1.29 is 12.3 Å². The summed E-state index contributed by atoms with van der Waals surface area (Å²) in [4.78, 5) is 22.1. The minimum Gasteiger partial charge on any atom is -0.441 e. The van der Waals surface area contributed by atoms with E-state index in [1.807, 2.05) is 0 Å². The molecule has 0 N–H and O–H groups in total. The Morgan fingerprint density at radius 1 is 1.46 bits per heavy atom. The SMILES string of the molecule is [2H]C([2H])([C@H]1CCC[C@]2(C1)CN(CC(C)(C)C)C(=O)O2)n1cnc2ccc([N+]#[C-])cc21. The lowest BCUT2D eigenvalue weighted by atomic mass is 9.77. The molecule has 2 aliphatic rings. The van der Waals surface area contributed by atoms with Gasteiger partial charge in [0.15, 0.2) is 5.69 Å². The quantitative estimate of drug-likeness (QED) is 0.701. The summed E-state index contributed by atoms with van der Waals surface area (Å²) in [6.07, 6.45) is 3.99. The van der Waals surface area contributed by atoms with Crippen LogP contribution in [0.15, 0.2) is 24.5 Å². The summed E-state index contributed by atoms with van der Waals surface area (Å²) >= 11 is 0. The topological polar surface area (TPSA) is 51.7 Å². The van der Waals surface area contributed by atoms with E-state index in [9.17, 15) is 4.79 Å². The average molecular weight is 383 g/mol. The summed E-state index contributed by atoms with van der Waals surface area (Å²) in [5, 5.41) is 0. The van der Waals surface area contributed by atoms with Gasteiger partial charge in [-0.2, -0.15) is 0 Å². The summed E-state index contributed by atoms with van der Waals surface area (Å²) < 4.78 is 25.3. The van der Waals surface area contributed by atoms with Gasteiger partial charge in [-0.1, -0.05) is 26.8 Å². The van der Waals surface area contributed by atoms with Gasteiger partial charge < -0.3 is 14.2 Å². The lowest BCUT2D eigenvalue weighted by molar-refractivity contribution is 0.00413. The van der Waals surface area contributed by atoms with Gasteiger partial charge in [0.25, 0.3) is 0 Å². The summed E-state index contributed by atoms with van der Waals surface area (Å²) in [6, 6.07) is 5.13. The lowest BCUT2D eigenvalue weighted by Gasteiger charge is -2.36. The Kier molecular flexibility index (Phi) is 3.99. The van der Waals surface area contributed by atoms with Crippen LogP contribution in [-0.4, -0.2) is 39.2 Å². The molecule has 1 aromatic carbocycles. The predicted octanol–water partition coefficient (Wildman–Crippen LogP) is 5.01. The van der Waals surface area contributed by atoms with Crippen LogP contribution >= 0.6 is 0 Å². The number of aromatic nitrogens is 2. The number of hydrogen-bond donors (Lipinski definition) is 0. The third-order valence-corrected chi connectivity index (χ3v) is 5.49. The first kappa shape index (κ1) is 16.4. The number of carbonyl (C=O) groups excluding carboxylic acids is 1. The number of nitrogens with zero attached hydrogens (tertiary/aromatic N) is 4. The Labute approximate surface area is 169 Å². The van der Waals surface area contributed by atoms with Crippen LogP contribution in [0.25, 0.3) is 15.9 Å². The zero-order valence-electron chi connectivity index (χ0n) is 18.7. The minimum absolute atomic E-state index is 0.0242. The number of imidazole rings is 1. The first-order valence-electron chi connectivity index (χ1n) is 10.9. The molecule has 6 nitrogen and oxygen atoms in total. The highest BCUT2D eigenvalue weighted by molar-refractivity contribution is 5.79. The van der Waals surface area contributed by atoms with Crippen molar-refractivity contribution in [3.8, 4) is 0 Å². The van der Waals surface area contributed by atoms with Crippen LogP contribution < -0.4 is 0 Å². The van der Waals surface area contributed by atoms with Gasteiger partial charge in [0.1, 0.15) is 5.60 Å². The molecule has 0 unspecified atom stereocenters. The van der Waals surface area contributed by atoms with Gasteiger partial charge in [-0.05, 0) is 49.1 Å². The van der Waals surface area contributed by atoms with Crippen LogP contribution in [-0.2, 0) is 11.2 Å². The van der Waals surface area contributed by atoms with Gasteiger partial charge in [-0.25, -0.2) is 14.6 Å². The van der Waals surface area contributed by atoms with Crippen LogP contribution in [0, 0.1) is 17.9 Å². The van der Waals surface area contributed by atoms with E-state index in [4.69, 9.17) is 14.1 Å². The minimum atomic E-state index is -1.70. The van der Waals surface area contributed by atoms with Crippen molar-refractivity contribution in [2.75, 3.05) is 13.1 Å². The molecule has 4 rings (SSSR count). The summed E-state index contributed by atoms with van der Waals surface area (Å²) in [5.74, 6) is -0.317. The number of ether oxygens (including phenoxy) is 1. The van der Waals surface area contributed by atoms with E-state index in [0.717, 1.165) is 12.8 Å². The number of fused-ring (bicyclic) bond motifs is 1. The van der Waals surface area contributed by atoms with Gasteiger partial charge in [0.05, 0.1) is 33.2 Å². The van der Waals surface area contributed by atoms with E-state index in [-0.39, 0.29) is 17.4 Å². The lowest BCUT2D eigenvalue weighted by Crippen LogP contribution is -2.41. The smallest absolute Gasteiger partial charge is 0.410 e. The van der Waals surface area contributed by atoms with Crippen LogP contribution in [0.1, 0.15) is 49.2 Å². The Morgan fingerprint density at radius 3 is 3.04 bits per heavy atom. The predicted molar refractivity (Wildman–Crippen MR) is 108 cm³/mol. The molecule has 2 atom stereocenters. The van der Waals surface area contributed by atoms with E-state index in [1.165, 1.54) is 6.33 Å². The maximum Gasteiger partial charge on any atom is 0.410 e. The molecule has 0 bridgehead atoms. The molecule has 2 aromatic rings. The van der Waals surface area contributed by atoms with Crippen molar-refractivity contribution in [2.45, 2.75) is 58.6 Å². The molecule has 28 heavy (non-hydrogen) atoms. The highest BCUT2D eigenvalue weighted by Gasteiger charge is 2.48. The molecule has 2 fully saturated rings. The fourth-order valence-electron chi connectivity index (χ4n) is 4.42. The van der Waals surface area contributed by atoms with Crippen molar-refractivity contribution in [1.29, 1.82) is 0 Å². The second kappa shape index (κ2) is 6.80. The standard InChI is InChI=1S/C22H28N4O2/c1-21(2,3)13-26-14-22(28-20(26)27)9-5-6-16(11-22)12-25-15-24-18-8-7-17(23-4)10-19(18)25/h7-8,10,15-16H,5-6,9,11-14H2,1-3H3/t16-,22-/m0/s1/i12D2. The molecule has 148 valence electrons. The fraction of sp³-hybridized carbons (Fsp3) is 0.591. The summed E-state index contributed by atoms with van der Waals surface area (Å²) in [6.45, 7) is 13.0. The van der Waals surface area contributed by atoms with Crippen LogP contribution in [0.2, 0.25) is 0 Å². The molecule has 1 spiro atoms. The van der Waals surface area contributed by atoms with Crippen LogP contribution in [0.5, 0.6) is 0 Å². The fourth-order valence-corrected chi connectivity index (χ4v) is 4.42. The van der Waals surface area contributed by atoms with Gasteiger partial charge in [0.2, 0.25) is 0 Å². The van der Waals surface area contributed by atoms with Crippen LogP contribution in [0.4, 0.5) is 10.5 Å². The molecule has 6 heteroatoms. The average Bonchev–Trinajstić information content (AvgIpc) is 3.21. The highest BCUT2D eigenvalue weighted by Crippen LogP contribution is 2.41. The molecule has 1 saturated carbocycles. The van der Waals surface area contributed by atoms with Gasteiger partial charge in [-0.3, -0.25) is 0 Å². The zero-order chi connectivity index (χ0) is 21.7. The van der Waals surface area contributed by atoms with Crippen molar-refractivity contribution in [2.24, 2.45) is 11.3 Å². The zero-order valence-corrected chi connectivity index (χ0v) is 16.7. The molecule has 1 saturated heterocycles. The molecule has 0 radical (unpaired) electrons. The molecule has 1 aromatic heterocycles. The Balaban J connectivity index is 1.60. The number of rotatable bonds is 3. The first-order chi connectivity index (χ1) is 14.0. The van der Waals surface area contributed by atoms with Crippen LogP contribution in [0.3, 0.4) is 0 Å². The molecule has 2 heterocycles. The number of hydrogen-bond acceptors (Lipinski definition) is 3. The number of benzene rings is 1. The molecular formula is C22H28N4O2. The Morgan fingerprint density at radius 2 is 2.29 bits per heavy atom. The van der Waals surface area contributed by atoms with Gasteiger partial charge in [-0.15, -0.1) is 0 Å². The molecule has 1 aliphatic carbocycles. The summed E-state index contributed by atoms with van der Waals surface area (Å²) in [5.41, 5.74) is 1.09. The second-order valence-corrected chi connectivity index (χ2v) is 9.29. The van der Waals surface area contributed by atoms with E-state index in [2.05, 4.69) is 30.6 Å². The maximum atomic E-state index is 12.5. The van der Waals surface area contributed by atoms with E-state index in [1.54, 1.807) is 27.7 Å². The third-order valence-electron chi connectivity index (χ3n) is 5.49. The highest BCUT2D eigenvalue weighted by atomic mass is 16.6. The Bertz CT molecular complexity index is 1020. The second-order valence-electron chi connectivity index (χ2n) is 9.29. The van der Waals surface area contributed by atoms with Crippen molar-refractivity contribution in [3.63, 3.8) is 0 Å².